The molecule has 1 aliphatic heterocycles. The molecule has 3 aliphatic carbocycles. The summed E-state index contributed by atoms with van der Waals surface area (Å²) in [5, 5.41) is 45.1. The van der Waals surface area contributed by atoms with Crippen molar-refractivity contribution in [3.05, 3.63) is 45.4 Å². The van der Waals surface area contributed by atoms with Gasteiger partial charge in [-0.3, -0.25) is 24.2 Å². The number of phenols is 1. The molecule has 5 rings (SSSR count). The van der Waals surface area contributed by atoms with E-state index >= 15 is 0 Å². The van der Waals surface area contributed by atoms with Crippen LogP contribution in [0.15, 0.2) is 28.7 Å². The Bertz CT molecular complexity index is 1360. The number of rotatable bonds is 5. The minimum absolute atomic E-state index is 0.0317. The summed E-state index contributed by atoms with van der Waals surface area (Å²) >= 11 is 0. The third-order valence-electron chi connectivity index (χ3n) is 9.22. The Morgan fingerprint density at radius 1 is 1.20 bits per heavy atom. The predicted octanol–water partition coefficient (Wildman–Crippen LogP) is 1.36. The first-order chi connectivity index (χ1) is 18.8. The number of hydrogen-bond acceptors (Lipinski definition) is 10. The summed E-state index contributed by atoms with van der Waals surface area (Å²) in [5.41, 5.74) is 2.91. The minimum atomic E-state index is -2.66. The van der Waals surface area contributed by atoms with Crippen molar-refractivity contribution in [2.45, 2.75) is 50.8 Å². The smallest absolute Gasteiger partial charge is 0.255 e. The number of nitrogens with two attached hydrogens (primary N) is 1. The number of fused-ring (bicyclic) bond motifs is 3. The number of piperidine rings is 1. The maximum absolute atomic E-state index is 13.9. The Kier molecular flexibility index (Phi) is 6.96. The lowest BCUT2D eigenvalue weighted by molar-refractivity contribution is -0.148. The number of aliphatic hydroxyl groups is 3. The zero-order chi connectivity index (χ0) is 29.3. The third kappa shape index (κ3) is 4.02. The van der Waals surface area contributed by atoms with E-state index in [0.717, 1.165) is 31.5 Å². The van der Waals surface area contributed by atoms with Crippen molar-refractivity contribution in [2.75, 3.05) is 34.3 Å². The number of amides is 1. The molecule has 0 bridgehead atoms. The van der Waals surface area contributed by atoms with Crippen LogP contribution in [0.3, 0.4) is 0 Å². The van der Waals surface area contributed by atoms with Gasteiger partial charge in [-0.1, -0.05) is 6.92 Å². The second kappa shape index (κ2) is 9.90. The molecule has 1 heterocycles. The first kappa shape index (κ1) is 28.1. The average Bonchev–Trinajstić information content (AvgIpc) is 2.87. The topological polar surface area (TPSA) is 174 Å². The largest absolute Gasteiger partial charge is 0.510 e. The van der Waals surface area contributed by atoms with Crippen molar-refractivity contribution in [3.63, 3.8) is 0 Å². The monoisotopic (exact) mass is 555 g/mol. The van der Waals surface area contributed by atoms with Crippen LogP contribution in [-0.4, -0.2) is 93.6 Å². The number of methoxy groups -OCH3 is 1. The van der Waals surface area contributed by atoms with Gasteiger partial charge in [0.1, 0.15) is 28.6 Å². The molecule has 40 heavy (non-hydrogen) atoms. The summed E-state index contributed by atoms with van der Waals surface area (Å²) in [4.78, 5) is 43.2. The second-order valence-corrected chi connectivity index (χ2v) is 11.9. The number of Topliss-reactive ketones (excluding diaryl/α,β-unsaturated/α-hetero) is 2. The first-order valence-electron chi connectivity index (χ1n) is 13.6. The minimum Gasteiger partial charge on any atom is -0.510 e. The van der Waals surface area contributed by atoms with E-state index in [-0.39, 0.29) is 29.7 Å². The number of hydrogen-bond donors (Lipinski definition) is 5. The lowest BCUT2D eigenvalue weighted by Crippen LogP contribution is -2.63. The lowest BCUT2D eigenvalue weighted by atomic mass is 9.58. The van der Waals surface area contributed by atoms with Crippen LogP contribution in [0.4, 0.5) is 0 Å². The molecule has 1 aromatic rings. The molecule has 11 heteroatoms. The lowest BCUT2D eigenvalue weighted by Gasteiger charge is -2.50. The zero-order valence-electron chi connectivity index (χ0n) is 23.2. The number of allylic oxidation sites excluding steroid dienone is 1. The maximum atomic E-state index is 13.9. The van der Waals surface area contributed by atoms with E-state index in [0.29, 0.717) is 23.8 Å². The molecular weight excluding hydrogens is 518 g/mol. The summed E-state index contributed by atoms with van der Waals surface area (Å²) in [6.45, 7) is 4.59. The summed E-state index contributed by atoms with van der Waals surface area (Å²) in [6, 6.07) is 0.472. The SMILES string of the molecule is COc1c(CN2CCC(C)CC2)cc(O)c2c1C[C@H]1C[C@H]3[C@H](N(C)C)C(O)=C(C(N)=O)C(=O)[C@@]3(O)C(O)=C1C2=O. The van der Waals surface area contributed by atoms with Crippen molar-refractivity contribution in [1.29, 1.82) is 0 Å². The predicted molar refractivity (Wildman–Crippen MR) is 144 cm³/mol. The van der Waals surface area contributed by atoms with E-state index in [2.05, 4.69) is 11.8 Å². The molecule has 1 aromatic carbocycles. The van der Waals surface area contributed by atoms with E-state index in [1.165, 1.54) is 18.1 Å². The van der Waals surface area contributed by atoms with Crippen molar-refractivity contribution >= 4 is 17.5 Å². The summed E-state index contributed by atoms with van der Waals surface area (Å²) < 4.78 is 5.80. The van der Waals surface area contributed by atoms with Crippen LogP contribution < -0.4 is 10.5 Å². The first-order valence-corrected chi connectivity index (χ1v) is 13.6. The quantitative estimate of drug-likeness (QED) is 0.334. The fourth-order valence-electron chi connectivity index (χ4n) is 7.20. The van der Waals surface area contributed by atoms with Crippen LogP contribution in [0.25, 0.3) is 0 Å². The van der Waals surface area contributed by atoms with Gasteiger partial charge in [-0.2, -0.15) is 0 Å². The highest BCUT2D eigenvalue weighted by Gasteiger charge is 2.63. The van der Waals surface area contributed by atoms with Gasteiger partial charge in [0.15, 0.2) is 11.4 Å². The molecule has 4 atom stereocenters. The maximum Gasteiger partial charge on any atom is 0.255 e. The van der Waals surface area contributed by atoms with Crippen LogP contribution in [-0.2, 0) is 22.6 Å². The van der Waals surface area contributed by atoms with Gasteiger partial charge >= 0.3 is 0 Å². The summed E-state index contributed by atoms with van der Waals surface area (Å²) in [6.07, 6.45) is 2.37. The number of primary amides is 1. The Labute approximate surface area is 232 Å². The Morgan fingerprint density at radius 3 is 2.42 bits per heavy atom. The number of nitrogens with zero attached hydrogens (tertiary/aromatic N) is 2. The van der Waals surface area contributed by atoms with E-state index < -0.39 is 58.0 Å². The van der Waals surface area contributed by atoms with Crippen LogP contribution >= 0.6 is 0 Å². The second-order valence-electron chi connectivity index (χ2n) is 11.9. The number of likely N-dealkylation sites (N-methyl/N-ethyl adjacent to an activating group) is 1. The van der Waals surface area contributed by atoms with Crippen molar-refractivity contribution in [1.82, 2.24) is 9.80 Å². The van der Waals surface area contributed by atoms with Gasteiger partial charge < -0.3 is 30.9 Å². The number of carbonyl (C=O) groups is 3. The number of ether oxygens (including phenoxy) is 1. The Hall–Kier alpha value is -3.41. The molecule has 0 radical (unpaired) electrons. The number of ketones is 2. The van der Waals surface area contributed by atoms with Gasteiger partial charge in [0, 0.05) is 29.2 Å². The fraction of sp³-hybridized carbons (Fsp3) is 0.552. The Balaban J connectivity index is 1.62. The number of phenolic OH excluding ortho intramolecular Hbond substituents is 1. The summed E-state index contributed by atoms with van der Waals surface area (Å²) in [7, 11) is 4.71. The van der Waals surface area contributed by atoms with Crippen LogP contribution in [0.1, 0.15) is 47.7 Å². The molecule has 0 saturated carbocycles. The van der Waals surface area contributed by atoms with Crippen LogP contribution in [0, 0.1) is 17.8 Å². The van der Waals surface area contributed by atoms with Crippen molar-refractivity contribution < 1.29 is 39.5 Å². The average molecular weight is 556 g/mol. The highest BCUT2D eigenvalue weighted by molar-refractivity contribution is 6.24. The van der Waals surface area contributed by atoms with E-state index in [1.54, 1.807) is 14.1 Å². The molecule has 4 aliphatic rings. The number of aromatic hydroxyl groups is 1. The van der Waals surface area contributed by atoms with Gasteiger partial charge in [-0.05, 0) is 70.8 Å². The fourth-order valence-corrected chi connectivity index (χ4v) is 7.20. The van der Waals surface area contributed by atoms with Crippen molar-refractivity contribution in [2.24, 2.45) is 23.5 Å². The molecule has 1 amide bonds. The number of likely N-dealkylation sites (tertiary alicyclic amines) is 1. The standard InChI is InChI=1S/C29H37N3O8/c1-13-5-7-32(8-6-13)12-15-11-18(33)20-16(25(15)40-4)9-14-10-17-22(31(2)3)24(35)21(28(30)38)27(37)29(17,39)26(36)19(14)23(20)34/h11,13-14,17,22,33,35-36,39H,5-10,12H2,1-4H3,(H2,30,38)/t14-,17-,22-,29-/m0/s1. The molecule has 0 spiro atoms. The highest BCUT2D eigenvalue weighted by atomic mass is 16.5. The van der Waals surface area contributed by atoms with Crippen LogP contribution in [0.5, 0.6) is 11.5 Å². The van der Waals surface area contributed by atoms with Crippen LogP contribution in [0.2, 0.25) is 0 Å². The molecule has 1 saturated heterocycles. The molecule has 1 fully saturated rings. The number of aliphatic hydroxyl groups excluding tert-OH is 2. The molecular formula is C29H37N3O8. The zero-order valence-corrected chi connectivity index (χ0v) is 23.2. The normalized spacial score (nSPS) is 29.4. The van der Waals surface area contributed by atoms with Gasteiger partial charge in [-0.15, -0.1) is 0 Å². The third-order valence-corrected chi connectivity index (χ3v) is 9.22. The van der Waals surface area contributed by atoms with E-state index in [4.69, 9.17) is 10.5 Å². The molecule has 6 N–H and O–H groups in total. The van der Waals surface area contributed by atoms with Gasteiger partial charge in [-0.25, -0.2) is 0 Å². The Morgan fingerprint density at radius 2 is 1.85 bits per heavy atom. The van der Waals surface area contributed by atoms with E-state index in [9.17, 15) is 34.8 Å². The van der Waals surface area contributed by atoms with Gasteiger partial charge in [0.2, 0.25) is 5.78 Å². The molecule has 0 unspecified atom stereocenters. The molecule has 0 aromatic heterocycles. The highest BCUT2D eigenvalue weighted by Crippen LogP contribution is 2.53. The van der Waals surface area contributed by atoms with Crippen molar-refractivity contribution in [3.8, 4) is 11.5 Å². The van der Waals surface area contributed by atoms with Gasteiger partial charge in [0.05, 0.1) is 18.7 Å². The van der Waals surface area contributed by atoms with Gasteiger partial charge in [0.25, 0.3) is 5.91 Å². The number of benzene rings is 1. The summed E-state index contributed by atoms with van der Waals surface area (Å²) in [5.74, 6) is -5.55. The van der Waals surface area contributed by atoms with E-state index in [1.807, 2.05) is 0 Å². The molecule has 11 nitrogen and oxygen atoms in total. The molecule has 216 valence electrons. The number of carbonyl (C=O) groups excluding carboxylic acids is 3.